The van der Waals surface area contributed by atoms with E-state index in [2.05, 4.69) is 83.6 Å². The summed E-state index contributed by atoms with van der Waals surface area (Å²) < 4.78 is 1.36. The van der Waals surface area contributed by atoms with Crippen LogP contribution in [0.15, 0.2) is 83.6 Å². The maximum atomic E-state index is 2.30. The van der Waals surface area contributed by atoms with E-state index < -0.39 is 0 Å². The molecule has 0 amide bonds. The minimum Gasteiger partial charge on any atom is -0.143 e. The number of fused-ring (bicyclic) bond motifs is 1. The number of rotatable bonds is 4. The van der Waals surface area contributed by atoms with Gasteiger partial charge in [-0.15, -0.1) is 56.7 Å². The van der Waals surface area contributed by atoms with Crippen molar-refractivity contribution in [3.05, 3.63) is 83.6 Å². The Morgan fingerprint density at radius 2 is 1.07 bits per heavy atom. The molecule has 0 spiro atoms. The minimum absolute atomic E-state index is 1.35. The molecule has 0 N–H and O–H groups in total. The molecule has 0 fully saturated rings. The first-order chi connectivity index (χ1) is 14.4. The average molecular weight is 463 g/mol. The highest BCUT2D eigenvalue weighted by Crippen LogP contribution is 2.50. The molecule has 0 aliphatic carbocycles. The van der Waals surface area contributed by atoms with Crippen LogP contribution in [0.5, 0.6) is 0 Å². The molecule has 140 valence electrons. The second-order valence-corrected chi connectivity index (χ2v) is 11.7. The van der Waals surface area contributed by atoms with Gasteiger partial charge in [-0.1, -0.05) is 30.3 Å². The lowest BCUT2D eigenvalue weighted by Crippen LogP contribution is -1.73. The fourth-order valence-corrected chi connectivity index (χ4v) is 8.64. The van der Waals surface area contributed by atoms with E-state index in [1.807, 2.05) is 56.7 Å². The quantitative estimate of drug-likeness (QED) is 0.244. The highest BCUT2D eigenvalue weighted by Gasteiger charge is 2.19. The zero-order chi connectivity index (χ0) is 19.2. The summed E-state index contributed by atoms with van der Waals surface area (Å²) in [6, 6.07) is 26.6. The average Bonchev–Trinajstić information content (AvgIpc) is 3.56. The molecule has 6 aromatic rings. The van der Waals surface area contributed by atoms with Crippen molar-refractivity contribution in [1.82, 2.24) is 0 Å². The van der Waals surface area contributed by atoms with Crippen LogP contribution in [-0.2, 0) is 0 Å². The van der Waals surface area contributed by atoms with Gasteiger partial charge in [0.25, 0.3) is 0 Å². The van der Waals surface area contributed by atoms with Crippen molar-refractivity contribution in [2.45, 2.75) is 0 Å². The van der Waals surface area contributed by atoms with Gasteiger partial charge in [0.05, 0.1) is 4.88 Å². The smallest absolute Gasteiger partial charge is 0.0542 e. The molecule has 0 nitrogen and oxygen atoms in total. The van der Waals surface area contributed by atoms with E-state index in [1.165, 1.54) is 49.8 Å². The van der Waals surface area contributed by atoms with Gasteiger partial charge in [-0.25, -0.2) is 0 Å². The van der Waals surface area contributed by atoms with Crippen molar-refractivity contribution in [2.24, 2.45) is 0 Å². The summed E-state index contributed by atoms with van der Waals surface area (Å²) in [5.41, 5.74) is 1.39. The predicted octanol–water partition coefficient (Wildman–Crippen LogP) is 9.82. The molecule has 29 heavy (non-hydrogen) atoms. The number of benzene rings is 1. The van der Waals surface area contributed by atoms with Crippen LogP contribution < -0.4 is 0 Å². The molecule has 0 saturated carbocycles. The first-order valence-electron chi connectivity index (χ1n) is 9.16. The fourth-order valence-electron chi connectivity index (χ4n) is 3.50. The topological polar surface area (TPSA) is 0 Å². The number of hydrogen-bond donors (Lipinski definition) is 0. The Hall–Kier alpha value is -2.02. The van der Waals surface area contributed by atoms with Crippen LogP contribution in [0, 0.1) is 0 Å². The molecule has 0 unspecified atom stereocenters. The Bertz CT molecular complexity index is 1390. The van der Waals surface area contributed by atoms with Gasteiger partial charge in [0.2, 0.25) is 0 Å². The van der Waals surface area contributed by atoms with Crippen molar-refractivity contribution < 1.29 is 0 Å². The van der Waals surface area contributed by atoms with E-state index in [9.17, 15) is 0 Å². The third-order valence-electron chi connectivity index (χ3n) is 4.81. The lowest BCUT2D eigenvalue weighted by Gasteiger charge is -2.01. The van der Waals surface area contributed by atoms with E-state index in [4.69, 9.17) is 0 Å². The SMILES string of the molecule is c1csc(-c2ccc(-c3sc4ccccc4c3-c3ccc(-c4cccs4)s3)s2)c1. The lowest BCUT2D eigenvalue weighted by molar-refractivity contribution is 1.83. The van der Waals surface area contributed by atoms with Gasteiger partial charge < -0.3 is 0 Å². The van der Waals surface area contributed by atoms with Gasteiger partial charge >= 0.3 is 0 Å². The van der Waals surface area contributed by atoms with Gasteiger partial charge in [-0.05, 0) is 53.2 Å². The first-order valence-corrected chi connectivity index (χ1v) is 13.4. The lowest BCUT2D eigenvalue weighted by atomic mass is 10.1. The normalized spacial score (nSPS) is 11.4. The summed E-state index contributed by atoms with van der Waals surface area (Å²) >= 11 is 9.33. The molecule has 0 aliphatic rings. The van der Waals surface area contributed by atoms with Gasteiger partial charge in [0.1, 0.15) is 0 Å². The van der Waals surface area contributed by atoms with Crippen LogP contribution in [0.3, 0.4) is 0 Å². The highest BCUT2D eigenvalue weighted by molar-refractivity contribution is 7.29. The Morgan fingerprint density at radius 3 is 1.76 bits per heavy atom. The van der Waals surface area contributed by atoms with Crippen LogP contribution in [0.25, 0.3) is 49.8 Å². The molecule has 0 atom stereocenters. The van der Waals surface area contributed by atoms with Gasteiger partial charge in [0.15, 0.2) is 0 Å². The molecular weight excluding hydrogens is 449 g/mol. The summed E-state index contributed by atoms with van der Waals surface area (Å²) in [5.74, 6) is 0. The van der Waals surface area contributed by atoms with Crippen LogP contribution in [0.1, 0.15) is 0 Å². The standard InChI is InChI=1S/C24H14S5/c1-2-6-16-15(5-1)23(21-11-9-19(27-21)17-7-3-13-25-17)24(29-16)22-12-10-20(28-22)18-8-4-14-26-18/h1-14H. The summed E-state index contributed by atoms with van der Waals surface area (Å²) in [5, 5.41) is 5.66. The third-order valence-corrected chi connectivity index (χ3v) is 10.5. The number of hydrogen-bond acceptors (Lipinski definition) is 5. The Morgan fingerprint density at radius 1 is 0.448 bits per heavy atom. The van der Waals surface area contributed by atoms with Crippen molar-refractivity contribution >= 4 is 66.8 Å². The zero-order valence-electron chi connectivity index (χ0n) is 15.1. The summed E-state index contributed by atoms with van der Waals surface area (Å²) in [6.07, 6.45) is 0. The maximum absolute atomic E-state index is 2.30. The van der Waals surface area contributed by atoms with Gasteiger partial charge in [0, 0.05) is 44.9 Å². The van der Waals surface area contributed by atoms with E-state index in [-0.39, 0.29) is 0 Å². The van der Waals surface area contributed by atoms with E-state index in [0.717, 1.165) is 0 Å². The second-order valence-electron chi connectivity index (χ2n) is 6.58. The maximum Gasteiger partial charge on any atom is 0.0542 e. The van der Waals surface area contributed by atoms with Crippen molar-refractivity contribution in [3.63, 3.8) is 0 Å². The molecule has 0 radical (unpaired) electrons. The molecule has 0 saturated heterocycles. The fraction of sp³-hybridized carbons (Fsp3) is 0. The van der Waals surface area contributed by atoms with E-state index in [1.54, 1.807) is 0 Å². The minimum atomic E-state index is 1.35. The molecule has 1 aromatic carbocycles. The molecule has 5 aromatic heterocycles. The largest absolute Gasteiger partial charge is 0.143 e. The van der Waals surface area contributed by atoms with Crippen molar-refractivity contribution in [1.29, 1.82) is 0 Å². The van der Waals surface area contributed by atoms with Crippen LogP contribution in [0.4, 0.5) is 0 Å². The van der Waals surface area contributed by atoms with E-state index >= 15 is 0 Å². The van der Waals surface area contributed by atoms with Crippen molar-refractivity contribution in [3.8, 4) is 39.7 Å². The Labute approximate surface area is 189 Å². The third kappa shape index (κ3) is 3.14. The monoisotopic (exact) mass is 462 g/mol. The molecule has 0 bridgehead atoms. The van der Waals surface area contributed by atoms with Crippen LogP contribution in [0.2, 0.25) is 0 Å². The molecule has 6 rings (SSSR count). The van der Waals surface area contributed by atoms with Gasteiger partial charge in [-0.3, -0.25) is 0 Å². The summed E-state index contributed by atoms with van der Waals surface area (Å²) in [7, 11) is 0. The van der Waals surface area contributed by atoms with Crippen LogP contribution >= 0.6 is 56.7 Å². The number of thiophene rings is 5. The Kier molecular flexibility index (Phi) is 4.51. The van der Waals surface area contributed by atoms with Crippen LogP contribution in [-0.4, -0.2) is 0 Å². The summed E-state index contributed by atoms with van der Waals surface area (Å²) in [4.78, 5) is 9.49. The Balaban J connectivity index is 1.53. The molecular formula is C24H14S5. The predicted molar refractivity (Wildman–Crippen MR) is 135 cm³/mol. The highest BCUT2D eigenvalue weighted by atomic mass is 32.1. The second kappa shape index (κ2) is 7.35. The summed E-state index contributed by atoms with van der Waals surface area (Å²) in [6.45, 7) is 0. The first kappa shape index (κ1) is 17.8. The zero-order valence-corrected chi connectivity index (χ0v) is 19.2. The van der Waals surface area contributed by atoms with Crippen molar-refractivity contribution in [2.75, 3.05) is 0 Å². The molecule has 5 heterocycles. The van der Waals surface area contributed by atoms with Gasteiger partial charge in [-0.2, -0.15) is 0 Å². The molecule has 5 heteroatoms. The van der Waals surface area contributed by atoms with E-state index in [0.29, 0.717) is 0 Å². The molecule has 0 aliphatic heterocycles.